The molecule has 2 aromatic rings. The highest BCUT2D eigenvalue weighted by molar-refractivity contribution is 5.99. The minimum Gasteiger partial charge on any atom is -0.384 e. The van der Waals surface area contributed by atoms with E-state index in [9.17, 15) is 4.79 Å². The monoisotopic (exact) mass is 287 g/mol. The van der Waals surface area contributed by atoms with Gasteiger partial charge in [-0.1, -0.05) is 6.92 Å². The lowest BCUT2D eigenvalue weighted by molar-refractivity contribution is 0.0954. The SMILES string of the molecule is CCCNc1cc(C)ncc1C(=O)NCCc1cnc[nH]1. The first-order valence-corrected chi connectivity index (χ1v) is 7.16. The minimum absolute atomic E-state index is 0.111. The summed E-state index contributed by atoms with van der Waals surface area (Å²) in [4.78, 5) is 23.4. The van der Waals surface area contributed by atoms with Crippen LogP contribution >= 0.6 is 0 Å². The van der Waals surface area contributed by atoms with Crippen molar-refractivity contribution in [1.29, 1.82) is 0 Å². The van der Waals surface area contributed by atoms with Crippen LogP contribution in [0.15, 0.2) is 24.8 Å². The van der Waals surface area contributed by atoms with Crippen molar-refractivity contribution in [1.82, 2.24) is 20.3 Å². The number of anilines is 1. The van der Waals surface area contributed by atoms with Crippen molar-refractivity contribution in [3.63, 3.8) is 0 Å². The maximum atomic E-state index is 12.3. The molecular formula is C15H21N5O. The van der Waals surface area contributed by atoms with Gasteiger partial charge in [0.1, 0.15) is 0 Å². The highest BCUT2D eigenvalue weighted by Gasteiger charge is 2.11. The van der Waals surface area contributed by atoms with Gasteiger partial charge in [0.05, 0.1) is 17.6 Å². The molecule has 6 heteroatoms. The van der Waals surface area contributed by atoms with Crippen LogP contribution in [0, 0.1) is 6.92 Å². The van der Waals surface area contributed by atoms with Crippen molar-refractivity contribution in [2.24, 2.45) is 0 Å². The van der Waals surface area contributed by atoms with E-state index in [1.165, 1.54) is 0 Å². The number of imidazole rings is 1. The Morgan fingerprint density at radius 3 is 2.90 bits per heavy atom. The molecule has 2 rings (SSSR count). The van der Waals surface area contributed by atoms with Crippen LogP contribution in [0.5, 0.6) is 0 Å². The van der Waals surface area contributed by atoms with Crippen LogP contribution in [0.2, 0.25) is 0 Å². The molecule has 0 unspecified atom stereocenters. The summed E-state index contributed by atoms with van der Waals surface area (Å²) in [5.74, 6) is -0.111. The van der Waals surface area contributed by atoms with E-state index >= 15 is 0 Å². The molecule has 0 spiro atoms. The number of nitrogens with zero attached hydrogens (tertiary/aromatic N) is 2. The Morgan fingerprint density at radius 2 is 2.19 bits per heavy atom. The number of aryl methyl sites for hydroxylation is 1. The summed E-state index contributed by atoms with van der Waals surface area (Å²) in [6.45, 7) is 5.39. The number of aromatic amines is 1. The molecule has 0 radical (unpaired) electrons. The molecule has 0 atom stereocenters. The first-order valence-electron chi connectivity index (χ1n) is 7.16. The van der Waals surface area contributed by atoms with Gasteiger partial charge < -0.3 is 15.6 Å². The average Bonchev–Trinajstić information content (AvgIpc) is 2.98. The average molecular weight is 287 g/mol. The summed E-state index contributed by atoms with van der Waals surface area (Å²) in [5, 5.41) is 6.18. The van der Waals surface area contributed by atoms with Gasteiger partial charge in [-0.15, -0.1) is 0 Å². The second-order valence-electron chi connectivity index (χ2n) is 4.88. The van der Waals surface area contributed by atoms with E-state index in [4.69, 9.17) is 0 Å². The predicted molar refractivity (Wildman–Crippen MR) is 82.4 cm³/mol. The molecule has 0 aliphatic carbocycles. The van der Waals surface area contributed by atoms with E-state index in [1.54, 1.807) is 18.7 Å². The molecule has 3 N–H and O–H groups in total. The third kappa shape index (κ3) is 4.30. The Kier molecular flexibility index (Phi) is 5.31. The Hall–Kier alpha value is -2.37. The fraction of sp³-hybridized carbons (Fsp3) is 0.400. The smallest absolute Gasteiger partial charge is 0.254 e. The molecular weight excluding hydrogens is 266 g/mol. The molecule has 0 aromatic carbocycles. The van der Waals surface area contributed by atoms with Crippen LogP contribution in [0.25, 0.3) is 0 Å². The van der Waals surface area contributed by atoms with Crippen molar-refractivity contribution in [3.8, 4) is 0 Å². The summed E-state index contributed by atoms with van der Waals surface area (Å²) in [7, 11) is 0. The van der Waals surface area contributed by atoms with E-state index in [2.05, 4.69) is 32.5 Å². The maximum absolute atomic E-state index is 12.3. The molecule has 0 bridgehead atoms. The molecule has 0 aliphatic heterocycles. The number of carbonyl (C=O) groups excluding carboxylic acids is 1. The number of rotatable bonds is 7. The van der Waals surface area contributed by atoms with Gasteiger partial charge in [0.25, 0.3) is 5.91 Å². The fourth-order valence-electron chi connectivity index (χ4n) is 1.97. The highest BCUT2D eigenvalue weighted by atomic mass is 16.1. The van der Waals surface area contributed by atoms with Crippen LogP contribution in [0.1, 0.15) is 35.1 Å². The second-order valence-corrected chi connectivity index (χ2v) is 4.88. The lowest BCUT2D eigenvalue weighted by Gasteiger charge is -2.12. The van der Waals surface area contributed by atoms with Gasteiger partial charge in [-0.05, 0) is 19.4 Å². The summed E-state index contributed by atoms with van der Waals surface area (Å²) < 4.78 is 0. The van der Waals surface area contributed by atoms with Crippen LogP contribution in [0.4, 0.5) is 5.69 Å². The molecule has 112 valence electrons. The lowest BCUT2D eigenvalue weighted by atomic mass is 10.2. The van der Waals surface area contributed by atoms with Gasteiger partial charge in [-0.3, -0.25) is 9.78 Å². The number of nitrogens with one attached hydrogen (secondary N) is 3. The largest absolute Gasteiger partial charge is 0.384 e. The maximum Gasteiger partial charge on any atom is 0.254 e. The predicted octanol–water partition coefficient (Wildman–Crippen LogP) is 1.91. The first kappa shape index (κ1) is 15.0. The van der Waals surface area contributed by atoms with Crippen molar-refractivity contribution < 1.29 is 4.79 Å². The number of H-pyrrole nitrogens is 1. The zero-order valence-corrected chi connectivity index (χ0v) is 12.4. The van der Waals surface area contributed by atoms with E-state index in [-0.39, 0.29) is 5.91 Å². The number of amides is 1. The quantitative estimate of drug-likeness (QED) is 0.726. The molecule has 0 fully saturated rings. The number of hydrogen-bond donors (Lipinski definition) is 3. The van der Waals surface area contributed by atoms with Crippen LogP contribution in [-0.4, -0.2) is 33.9 Å². The van der Waals surface area contributed by atoms with Crippen molar-refractivity contribution in [2.45, 2.75) is 26.7 Å². The Bertz CT molecular complexity index is 580. The van der Waals surface area contributed by atoms with Crippen LogP contribution in [-0.2, 0) is 6.42 Å². The highest BCUT2D eigenvalue weighted by Crippen LogP contribution is 2.15. The number of hydrogen-bond acceptors (Lipinski definition) is 4. The molecule has 0 saturated heterocycles. The van der Waals surface area contributed by atoms with E-state index in [0.717, 1.165) is 36.5 Å². The number of pyridine rings is 1. The Balaban J connectivity index is 1.97. The molecule has 21 heavy (non-hydrogen) atoms. The van der Waals surface area contributed by atoms with Crippen molar-refractivity contribution in [3.05, 3.63) is 41.7 Å². The molecule has 2 heterocycles. The van der Waals surface area contributed by atoms with Gasteiger partial charge in [0, 0.05) is 43.3 Å². The van der Waals surface area contributed by atoms with Gasteiger partial charge >= 0.3 is 0 Å². The Morgan fingerprint density at radius 1 is 1.33 bits per heavy atom. The molecule has 2 aromatic heterocycles. The summed E-state index contributed by atoms with van der Waals surface area (Å²) >= 11 is 0. The van der Waals surface area contributed by atoms with Gasteiger partial charge in [0.15, 0.2) is 0 Å². The van der Waals surface area contributed by atoms with Crippen LogP contribution in [0.3, 0.4) is 0 Å². The third-order valence-corrected chi connectivity index (χ3v) is 3.09. The summed E-state index contributed by atoms with van der Waals surface area (Å²) in [6, 6.07) is 1.90. The second kappa shape index (κ2) is 7.42. The molecule has 6 nitrogen and oxygen atoms in total. The van der Waals surface area contributed by atoms with Gasteiger partial charge in [0.2, 0.25) is 0 Å². The zero-order chi connectivity index (χ0) is 15.1. The zero-order valence-electron chi connectivity index (χ0n) is 12.4. The summed E-state index contributed by atoms with van der Waals surface area (Å²) in [5.41, 5.74) is 3.31. The molecule has 0 saturated carbocycles. The fourth-order valence-corrected chi connectivity index (χ4v) is 1.97. The topological polar surface area (TPSA) is 82.7 Å². The minimum atomic E-state index is -0.111. The van der Waals surface area contributed by atoms with E-state index < -0.39 is 0 Å². The van der Waals surface area contributed by atoms with Crippen molar-refractivity contribution in [2.75, 3.05) is 18.4 Å². The molecule has 0 aliphatic rings. The number of aromatic nitrogens is 3. The molecule has 1 amide bonds. The van der Waals surface area contributed by atoms with Crippen LogP contribution < -0.4 is 10.6 Å². The Labute approximate surface area is 124 Å². The van der Waals surface area contributed by atoms with E-state index in [0.29, 0.717) is 12.1 Å². The third-order valence-electron chi connectivity index (χ3n) is 3.09. The van der Waals surface area contributed by atoms with Gasteiger partial charge in [-0.2, -0.15) is 0 Å². The summed E-state index contributed by atoms with van der Waals surface area (Å²) in [6.07, 6.45) is 6.74. The first-order chi connectivity index (χ1) is 10.2. The van der Waals surface area contributed by atoms with Crippen molar-refractivity contribution >= 4 is 11.6 Å². The number of carbonyl (C=O) groups is 1. The van der Waals surface area contributed by atoms with Gasteiger partial charge in [-0.25, -0.2) is 4.98 Å². The van der Waals surface area contributed by atoms with E-state index in [1.807, 2.05) is 13.0 Å². The normalized spacial score (nSPS) is 10.4. The standard InChI is InChI=1S/C15H21N5O/c1-3-5-17-14-7-11(2)19-9-13(14)15(21)18-6-4-12-8-16-10-20-12/h7-10H,3-6H2,1-2H3,(H,16,20)(H,17,19)(H,18,21). The lowest BCUT2D eigenvalue weighted by Crippen LogP contribution is -2.27.